The Labute approximate surface area is 119 Å². The van der Waals surface area contributed by atoms with Gasteiger partial charge in [0.05, 0.1) is 12.0 Å². The monoisotopic (exact) mass is 266 g/mol. The molecule has 0 saturated carbocycles. The molecule has 2 aromatic rings. The highest BCUT2D eigenvalue weighted by Crippen LogP contribution is 2.41. The molecule has 0 amide bonds. The van der Waals surface area contributed by atoms with Crippen LogP contribution in [0.15, 0.2) is 60.7 Å². The van der Waals surface area contributed by atoms with Gasteiger partial charge in [0, 0.05) is 5.92 Å². The maximum Gasteiger partial charge on any atom is 0.314 e. The zero-order valence-electron chi connectivity index (χ0n) is 11.5. The quantitative estimate of drug-likeness (QED) is 0.771. The van der Waals surface area contributed by atoms with Crippen molar-refractivity contribution in [2.45, 2.75) is 31.3 Å². The lowest BCUT2D eigenvalue weighted by atomic mass is 9.77. The Morgan fingerprint density at radius 1 is 0.900 bits per heavy atom. The van der Waals surface area contributed by atoms with Gasteiger partial charge in [-0.1, -0.05) is 60.7 Å². The summed E-state index contributed by atoms with van der Waals surface area (Å²) in [6.45, 7) is 1.97. The van der Waals surface area contributed by atoms with Crippen LogP contribution in [0.1, 0.15) is 36.3 Å². The van der Waals surface area contributed by atoms with Crippen LogP contribution < -0.4 is 0 Å². The molecular formula is C18H18O2. The van der Waals surface area contributed by atoms with Crippen LogP contribution in [0.3, 0.4) is 0 Å². The second kappa shape index (κ2) is 5.49. The number of rotatable bonds is 2. The van der Waals surface area contributed by atoms with E-state index in [1.165, 1.54) is 5.56 Å². The fourth-order valence-corrected chi connectivity index (χ4v) is 3.04. The van der Waals surface area contributed by atoms with Crippen molar-refractivity contribution in [3.05, 3.63) is 71.8 Å². The van der Waals surface area contributed by atoms with Gasteiger partial charge in [0.25, 0.3) is 0 Å². The minimum Gasteiger partial charge on any atom is -0.462 e. The molecule has 0 unspecified atom stereocenters. The van der Waals surface area contributed by atoms with Gasteiger partial charge < -0.3 is 4.74 Å². The standard InChI is InChI=1S/C18H18O2/c1-13-12-16(14-8-4-2-5-9-14)17(18(19)20-13)15-10-6-3-7-11-15/h2-11,13,16-17H,12H2,1H3/t13-,16+,17+/m0/s1. The summed E-state index contributed by atoms with van der Waals surface area (Å²) in [5, 5.41) is 0. The van der Waals surface area contributed by atoms with Gasteiger partial charge in [-0.2, -0.15) is 0 Å². The normalized spacial score (nSPS) is 26.1. The van der Waals surface area contributed by atoms with Gasteiger partial charge in [0.2, 0.25) is 0 Å². The Hall–Kier alpha value is -2.09. The maximum absolute atomic E-state index is 12.4. The van der Waals surface area contributed by atoms with E-state index in [2.05, 4.69) is 12.1 Å². The van der Waals surface area contributed by atoms with Gasteiger partial charge in [-0.25, -0.2) is 0 Å². The lowest BCUT2D eigenvalue weighted by Crippen LogP contribution is -2.34. The van der Waals surface area contributed by atoms with Crippen molar-refractivity contribution in [2.75, 3.05) is 0 Å². The first-order valence-electron chi connectivity index (χ1n) is 7.06. The Morgan fingerprint density at radius 2 is 1.45 bits per heavy atom. The van der Waals surface area contributed by atoms with Gasteiger partial charge in [0.1, 0.15) is 0 Å². The Morgan fingerprint density at radius 3 is 2.05 bits per heavy atom. The topological polar surface area (TPSA) is 26.3 Å². The molecule has 2 heteroatoms. The summed E-state index contributed by atoms with van der Waals surface area (Å²) in [6.07, 6.45) is 0.850. The predicted octanol–water partition coefficient (Wildman–Crippen LogP) is 3.89. The van der Waals surface area contributed by atoms with Crippen LogP contribution in [0.25, 0.3) is 0 Å². The fraction of sp³-hybridized carbons (Fsp3) is 0.278. The lowest BCUT2D eigenvalue weighted by Gasteiger charge is -2.34. The number of hydrogen-bond donors (Lipinski definition) is 0. The molecule has 102 valence electrons. The Kier molecular flexibility index (Phi) is 3.55. The number of benzene rings is 2. The molecule has 0 aliphatic carbocycles. The van der Waals surface area contributed by atoms with Crippen LogP contribution in [0.4, 0.5) is 0 Å². The van der Waals surface area contributed by atoms with Crippen molar-refractivity contribution >= 4 is 5.97 Å². The second-order valence-electron chi connectivity index (χ2n) is 5.39. The summed E-state index contributed by atoms with van der Waals surface area (Å²) >= 11 is 0. The van der Waals surface area contributed by atoms with Crippen LogP contribution in [0, 0.1) is 0 Å². The summed E-state index contributed by atoms with van der Waals surface area (Å²) in [7, 11) is 0. The van der Waals surface area contributed by atoms with Crippen molar-refractivity contribution in [1.82, 2.24) is 0 Å². The van der Waals surface area contributed by atoms with Crippen LogP contribution in [0.5, 0.6) is 0 Å². The fourth-order valence-electron chi connectivity index (χ4n) is 3.04. The largest absolute Gasteiger partial charge is 0.462 e. The van der Waals surface area contributed by atoms with Gasteiger partial charge in [-0.15, -0.1) is 0 Å². The number of esters is 1. The maximum atomic E-state index is 12.4. The molecule has 0 aromatic heterocycles. The minimum atomic E-state index is -0.199. The van der Waals surface area contributed by atoms with Crippen molar-refractivity contribution in [1.29, 1.82) is 0 Å². The molecule has 1 saturated heterocycles. The van der Waals surface area contributed by atoms with Crippen molar-refractivity contribution < 1.29 is 9.53 Å². The lowest BCUT2D eigenvalue weighted by molar-refractivity contribution is -0.156. The molecule has 1 aliphatic rings. The van der Waals surface area contributed by atoms with E-state index < -0.39 is 0 Å². The van der Waals surface area contributed by atoms with E-state index in [4.69, 9.17) is 4.74 Å². The van der Waals surface area contributed by atoms with Crippen LogP contribution in [-0.2, 0) is 9.53 Å². The molecule has 0 N–H and O–H groups in total. The highest BCUT2D eigenvalue weighted by atomic mass is 16.5. The molecule has 2 nitrogen and oxygen atoms in total. The zero-order valence-corrected chi connectivity index (χ0v) is 11.5. The van der Waals surface area contributed by atoms with Gasteiger partial charge >= 0.3 is 5.97 Å². The molecule has 3 atom stereocenters. The average molecular weight is 266 g/mol. The number of carbonyl (C=O) groups excluding carboxylic acids is 1. The number of ether oxygens (including phenoxy) is 1. The smallest absolute Gasteiger partial charge is 0.314 e. The highest BCUT2D eigenvalue weighted by Gasteiger charge is 2.38. The Bertz CT molecular complexity index is 577. The molecular weight excluding hydrogens is 248 g/mol. The molecule has 0 radical (unpaired) electrons. The first-order chi connectivity index (χ1) is 9.75. The van der Waals surface area contributed by atoms with Crippen molar-refractivity contribution in [2.24, 2.45) is 0 Å². The molecule has 2 aromatic carbocycles. The van der Waals surface area contributed by atoms with Crippen molar-refractivity contribution in [3.63, 3.8) is 0 Å². The van der Waals surface area contributed by atoms with E-state index in [1.807, 2.05) is 55.5 Å². The van der Waals surface area contributed by atoms with E-state index in [0.29, 0.717) is 0 Å². The van der Waals surface area contributed by atoms with Crippen molar-refractivity contribution in [3.8, 4) is 0 Å². The molecule has 1 heterocycles. The molecule has 0 bridgehead atoms. The number of cyclic esters (lactones) is 1. The van der Waals surface area contributed by atoms with Gasteiger partial charge in [-0.3, -0.25) is 4.79 Å². The Balaban J connectivity index is 2.01. The highest BCUT2D eigenvalue weighted by molar-refractivity contribution is 5.80. The van der Waals surface area contributed by atoms with E-state index >= 15 is 0 Å². The first kappa shape index (κ1) is 12.9. The minimum absolute atomic E-state index is 0.0207. The third-order valence-corrected chi connectivity index (χ3v) is 3.95. The van der Waals surface area contributed by atoms with Crippen LogP contribution in [0.2, 0.25) is 0 Å². The van der Waals surface area contributed by atoms with E-state index in [1.54, 1.807) is 0 Å². The van der Waals surface area contributed by atoms with Gasteiger partial charge in [0.15, 0.2) is 0 Å². The molecule has 0 spiro atoms. The predicted molar refractivity (Wildman–Crippen MR) is 78.5 cm³/mol. The van der Waals surface area contributed by atoms with E-state index in [-0.39, 0.29) is 23.9 Å². The average Bonchev–Trinajstić information content (AvgIpc) is 2.48. The summed E-state index contributed by atoms with van der Waals surface area (Å²) in [4.78, 5) is 12.4. The first-order valence-corrected chi connectivity index (χ1v) is 7.06. The van der Waals surface area contributed by atoms with Crippen LogP contribution in [-0.4, -0.2) is 12.1 Å². The summed E-state index contributed by atoms with van der Waals surface area (Å²) in [6, 6.07) is 20.2. The van der Waals surface area contributed by atoms with Crippen LogP contribution >= 0.6 is 0 Å². The number of carbonyl (C=O) groups is 1. The third-order valence-electron chi connectivity index (χ3n) is 3.95. The molecule has 1 fully saturated rings. The molecule has 3 rings (SSSR count). The SMILES string of the molecule is C[C@H]1C[C@H](c2ccccc2)[C@@H](c2ccccc2)C(=O)O1. The summed E-state index contributed by atoms with van der Waals surface area (Å²) in [5.74, 6) is -0.117. The van der Waals surface area contributed by atoms with E-state index in [9.17, 15) is 4.79 Å². The number of hydrogen-bond acceptors (Lipinski definition) is 2. The summed E-state index contributed by atoms with van der Waals surface area (Å²) < 4.78 is 5.47. The third kappa shape index (κ3) is 2.46. The second-order valence-corrected chi connectivity index (χ2v) is 5.39. The van der Waals surface area contributed by atoms with E-state index in [0.717, 1.165) is 12.0 Å². The molecule has 20 heavy (non-hydrogen) atoms. The zero-order chi connectivity index (χ0) is 13.9. The molecule has 1 aliphatic heterocycles. The summed E-state index contributed by atoms with van der Waals surface area (Å²) in [5.41, 5.74) is 2.25. The van der Waals surface area contributed by atoms with Gasteiger partial charge in [-0.05, 0) is 24.5 Å².